The molecular formula is C17H31N3S. The molecule has 0 amide bonds. The van der Waals surface area contributed by atoms with Gasteiger partial charge in [0.15, 0.2) is 5.13 Å². The number of nitrogens with zero attached hydrogens (tertiary/aromatic N) is 2. The molecule has 0 bridgehead atoms. The Morgan fingerprint density at radius 3 is 2.38 bits per heavy atom. The highest BCUT2D eigenvalue weighted by molar-refractivity contribution is 7.15. The molecule has 0 aromatic carbocycles. The zero-order valence-electron chi connectivity index (χ0n) is 14.5. The van der Waals surface area contributed by atoms with Crippen molar-refractivity contribution in [2.24, 2.45) is 0 Å². The third-order valence-electron chi connectivity index (χ3n) is 4.25. The summed E-state index contributed by atoms with van der Waals surface area (Å²) in [5.74, 6) is 0.724. The van der Waals surface area contributed by atoms with E-state index in [0.717, 1.165) is 12.5 Å². The first-order chi connectivity index (χ1) is 9.85. The third-order valence-corrected chi connectivity index (χ3v) is 5.41. The molecule has 1 N–H and O–H groups in total. The van der Waals surface area contributed by atoms with Gasteiger partial charge in [-0.2, -0.15) is 0 Å². The Bertz CT molecular complexity index is 453. The lowest BCUT2D eigenvalue weighted by Crippen LogP contribution is -2.35. The molecule has 120 valence electrons. The first-order valence-corrected chi connectivity index (χ1v) is 9.14. The minimum absolute atomic E-state index is 0.159. The molecule has 1 fully saturated rings. The van der Waals surface area contributed by atoms with Gasteiger partial charge in [-0.3, -0.25) is 0 Å². The summed E-state index contributed by atoms with van der Waals surface area (Å²) >= 11 is 1.89. The van der Waals surface area contributed by atoms with Crippen LogP contribution in [0.5, 0.6) is 0 Å². The lowest BCUT2D eigenvalue weighted by atomic mass is 10.1. The monoisotopic (exact) mass is 309 g/mol. The second-order valence-corrected chi connectivity index (χ2v) is 8.33. The molecule has 0 spiro atoms. The van der Waals surface area contributed by atoms with Gasteiger partial charge in [-0.05, 0) is 46.5 Å². The second kappa shape index (κ2) is 6.66. The van der Waals surface area contributed by atoms with Gasteiger partial charge in [-0.25, -0.2) is 4.98 Å². The van der Waals surface area contributed by atoms with Crippen LogP contribution in [0.3, 0.4) is 0 Å². The average molecular weight is 310 g/mol. The van der Waals surface area contributed by atoms with Crippen molar-refractivity contribution in [1.82, 2.24) is 10.3 Å². The van der Waals surface area contributed by atoms with E-state index in [0.29, 0.717) is 6.04 Å². The maximum absolute atomic E-state index is 4.99. The van der Waals surface area contributed by atoms with Crippen molar-refractivity contribution in [2.45, 2.75) is 84.3 Å². The van der Waals surface area contributed by atoms with E-state index in [4.69, 9.17) is 4.98 Å². The van der Waals surface area contributed by atoms with Crippen molar-refractivity contribution >= 4 is 16.5 Å². The van der Waals surface area contributed by atoms with Crippen LogP contribution in [0.4, 0.5) is 5.13 Å². The molecule has 1 aliphatic rings. The predicted molar refractivity (Wildman–Crippen MR) is 93.5 cm³/mol. The van der Waals surface area contributed by atoms with Crippen molar-refractivity contribution in [3.63, 3.8) is 0 Å². The largest absolute Gasteiger partial charge is 0.348 e. The van der Waals surface area contributed by atoms with Crippen molar-refractivity contribution < 1.29 is 0 Å². The predicted octanol–water partition coefficient (Wildman–Crippen LogP) is 4.53. The lowest BCUT2D eigenvalue weighted by Gasteiger charge is -2.25. The summed E-state index contributed by atoms with van der Waals surface area (Å²) in [4.78, 5) is 8.82. The number of anilines is 1. The zero-order valence-corrected chi connectivity index (χ0v) is 15.3. The number of nitrogens with one attached hydrogen (secondary N) is 1. The summed E-state index contributed by atoms with van der Waals surface area (Å²) in [6, 6.07) is 0.603. The summed E-state index contributed by atoms with van der Waals surface area (Å²) in [6.07, 6.45) is 5.00. The molecule has 0 saturated heterocycles. The van der Waals surface area contributed by atoms with Crippen LogP contribution in [0.1, 0.15) is 76.8 Å². The van der Waals surface area contributed by atoms with Crippen LogP contribution >= 0.6 is 11.3 Å². The minimum Gasteiger partial charge on any atom is -0.348 e. The molecule has 0 radical (unpaired) electrons. The van der Waals surface area contributed by atoms with Gasteiger partial charge in [0.1, 0.15) is 0 Å². The fourth-order valence-electron chi connectivity index (χ4n) is 2.64. The highest BCUT2D eigenvalue weighted by atomic mass is 32.1. The van der Waals surface area contributed by atoms with Gasteiger partial charge in [0, 0.05) is 36.0 Å². The Morgan fingerprint density at radius 2 is 1.90 bits per heavy atom. The lowest BCUT2D eigenvalue weighted by molar-refractivity contribution is 0.425. The van der Waals surface area contributed by atoms with E-state index in [1.165, 1.54) is 41.4 Å². The maximum atomic E-state index is 4.99. The molecule has 1 heterocycles. The number of rotatable bonds is 7. The quantitative estimate of drug-likeness (QED) is 0.802. The van der Waals surface area contributed by atoms with Crippen molar-refractivity contribution in [2.75, 3.05) is 11.9 Å². The normalized spacial score (nSPS) is 15.8. The molecule has 0 atom stereocenters. The molecule has 1 saturated carbocycles. The topological polar surface area (TPSA) is 28.2 Å². The average Bonchev–Trinajstić information content (AvgIpc) is 3.17. The summed E-state index contributed by atoms with van der Waals surface area (Å²) in [5, 5.41) is 4.83. The Morgan fingerprint density at radius 1 is 1.29 bits per heavy atom. The van der Waals surface area contributed by atoms with Crippen molar-refractivity contribution in [3.05, 3.63) is 10.6 Å². The van der Waals surface area contributed by atoms with Crippen LogP contribution in [0.25, 0.3) is 0 Å². The summed E-state index contributed by atoms with van der Waals surface area (Å²) in [5.41, 5.74) is 1.52. The Kier molecular flexibility index (Phi) is 5.31. The van der Waals surface area contributed by atoms with Crippen LogP contribution in [0.2, 0.25) is 0 Å². The first kappa shape index (κ1) is 16.8. The fraction of sp³-hybridized carbons (Fsp3) is 0.824. The van der Waals surface area contributed by atoms with Crippen LogP contribution in [0, 0.1) is 0 Å². The number of hydrogen-bond donors (Lipinski definition) is 1. The summed E-state index contributed by atoms with van der Waals surface area (Å²) in [7, 11) is 2.20. The number of aromatic nitrogens is 1. The van der Waals surface area contributed by atoms with Gasteiger partial charge in [0.2, 0.25) is 0 Å². The highest BCUT2D eigenvalue weighted by Crippen LogP contribution is 2.44. The van der Waals surface area contributed by atoms with Crippen LogP contribution in [-0.4, -0.2) is 23.6 Å². The van der Waals surface area contributed by atoms with Gasteiger partial charge in [0.25, 0.3) is 0 Å². The van der Waals surface area contributed by atoms with Crippen LogP contribution in [-0.2, 0) is 6.54 Å². The zero-order chi connectivity index (χ0) is 15.6. The van der Waals surface area contributed by atoms with Gasteiger partial charge in [-0.15, -0.1) is 11.3 Å². The van der Waals surface area contributed by atoms with Crippen LogP contribution in [0.15, 0.2) is 0 Å². The molecule has 2 rings (SSSR count). The van der Waals surface area contributed by atoms with E-state index < -0.39 is 0 Å². The molecule has 3 nitrogen and oxygen atoms in total. The number of thiazole rings is 1. The summed E-state index contributed by atoms with van der Waals surface area (Å²) < 4.78 is 0. The molecule has 21 heavy (non-hydrogen) atoms. The Labute approximate surface area is 134 Å². The molecule has 1 aliphatic carbocycles. The van der Waals surface area contributed by atoms with Gasteiger partial charge >= 0.3 is 0 Å². The van der Waals surface area contributed by atoms with Crippen molar-refractivity contribution in [1.29, 1.82) is 0 Å². The minimum atomic E-state index is 0.159. The third kappa shape index (κ3) is 4.43. The standard InChI is InChI=1S/C17H31N3S/c1-7-13(8-2)20(6)16-19-15(12-9-10-12)14(21-16)11-18-17(3,4)5/h12-13,18H,7-11H2,1-6H3. The van der Waals surface area contributed by atoms with Crippen molar-refractivity contribution in [3.8, 4) is 0 Å². The molecule has 0 aliphatic heterocycles. The molecule has 0 unspecified atom stereocenters. The molecule has 1 aromatic heterocycles. The van der Waals surface area contributed by atoms with Gasteiger partial charge in [-0.1, -0.05) is 13.8 Å². The maximum Gasteiger partial charge on any atom is 0.185 e. The van der Waals surface area contributed by atoms with E-state index >= 15 is 0 Å². The van der Waals surface area contributed by atoms with E-state index in [-0.39, 0.29) is 5.54 Å². The number of hydrogen-bond acceptors (Lipinski definition) is 4. The van der Waals surface area contributed by atoms with E-state index in [1.807, 2.05) is 11.3 Å². The van der Waals surface area contributed by atoms with E-state index in [2.05, 4.69) is 51.9 Å². The first-order valence-electron chi connectivity index (χ1n) is 8.33. The Hall–Kier alpha value is -0.610. The van der Waals surface area contributed by atoms with Crippen LogP contribution < -0.4 is 10.2 Å². The Balaban J connectivity index is 2.16. The molecule has 4 heteroatoms. The second-order valence-electron chi connectivity index (χ2n) is 7.26. The van der Waals surface area contributed by atoms with Gasteiger partial charge in [0.05, 0.1) is 5.69 Å². The molecular weight excluding hydrogens is 278 g/mol. The SMILES string of the molecule is CCC(CC)N(C)c1nc(C2CC2)c(CNC(C)(C)C)s1. The fourth-order valence-corrected chi connectivity index (χ4v) is 3.76. The highest BCUT2D eigenvalue weighted by Gasteiger charge is 2.31. The van der Waals surface area contributed by atoms with E-state index in [1.54, 1.807) is 0 Å². The smallest absolute Gasteiger partial charge is 0.185 e. The molecule has 1 aromatic rings. The summed E-state index contributed by atoms with van der Waals surface area (Å²) in [6.45, 7) is 12.2. The van der Waals surface area contributed by atoms with Gasteiger partial charge < -0.3 is 10.2 Å². The van der Waals surface area contributed by atoms with E-state index in [9.17, 15) is 0 Å².